The van der Waals surface area contributed by atoms with Crippen LogP contribution in [0.5, 0.6) is 0 Å². The first-order valence-corrected chi connectivity index (χ1v) is 5.31. The lowest BCUT2D eigenvalue weighted by molar-refractivity contribution is 0.277. The average Bonchev–Trinajstić information content (AvgIpc) is 2.65. The molecule has 2 rings (SSSR count). The van der Waals surface area contributed by atoms with Gasteiger partial charge in [-0.2, -0.15) is 0 Å². The van der Waals surface area contributed by atoms with E-state index in [4.69, 9.17) is 9.52 Å². The first-order valence-electron chi connectivity index (χ1n) is 4.52. The topological polar surface area (TPSA) is 46.3 Å². The van der Waals surface area contributed by atoms with Crippen LogP contribution >= 0.6 is 15.9 Å². The molecule has 0 saturated carbocycles. The third kappa shape index (κ3) is 1.96. The standard InChI is InChI=1S/C11H10BrNO2/c1-7-2-3-8(9(12)4-7)11-10(5-14)13-6-15-11/h2-4,6,14H,5H2,1H3. The van der Waals surface area contributed by atoms with Gasteiger partial charge in [-0.1, -0.05) is 22.0 Å². The third-order valence-corrected chi connectivity index (χ3v) is 2.82. The Balaban J connectivity index is 2.54. The lowest BCUT2D eigenvalue weighted by Gasteiger charge is -2.03. The molecule has 0 aliphatic carbocycles. The van der Waals surface area contributed by atoms with Gasteiger partial charge in [0.1, 0.15) is 5.69 Å². The Bertz CT molecular complexity index is 479. The van der Waals surface area contributed by atoms with E-state index in [1.165, 1.54) is 6.39 Å². The zero-order valence-electron chi connectivity index (χ0n) is 8.20. The van der Waals surface area contributed by atoms with Crippen molar-refractivity contribution in [3.63, 3.8) is 0 Å². The fraction of sp³-hybridized carbons (Fsp3) is 0.182. The Morgan fingerprint density at radius 1 is 1.47 bits per heavy atom. The number of aromatic nitrogens is 1. The summed E-state index contributed by atoms with van der Waals surface area (Å²) in [4.78, 5) is 3.94. The van der Waals surface area contributed by atoms with Crippen molar-refractivity contribution in [2.75, 3.05) is 0 Å². The highest BCUT2D eigenvalue weighted by Gasteiger charge is 2.12. The van der Waals surface area contributed by atoms with Gasteiger partial charge in [-0.25, -0.2) is 4.98 Å². The first kappa shape index (κ1) is 10.4. The van der Waals surface area contributed by atoms with E-state index in [0.29, 0.717) is 11.5 Å². The van der Waals surface area contributed by atoms with Crippen molar-refractivity contribution in [1.29, 1.82) is 0 Å². The summed E-state index contributed by atoms with van der Waals surface area (Å²) in [5.74, 6) is 0.615. The van der Waals surface area contributed by atoms with Crippen LogP contribution in [-0.4, -0.2) is 10.1 Å². The van der Waals surface area contributed by atoms with Crippen LogP contribution in [0.4, 0.5) is 0 Å². The number of rotatable bonds is 2. The Morgan fingerprint density at radius 2 is 2.27 bits per heavy atom. The summed E-state index contributed by atoms with van der Waals surface area (Å²) in [7, 11) is 0. The lowest BCUT2D eigenvalue weighted by atomic mass is 10.1. The molecule has 15 heavy (non-hydrogen) atoms. The zero-order valence-corrected chi connectivity index (χ0v) is 9.78. The Morgan fingerprint density at radius 3 is 2.93 bits per heavy atom. The van der Waals surface area contributed by atoms with Gasteiger partial charge in [-0.15, -0.1) is 0 Å². The fourth-order valence-corrected chi connectivity index (χ4v) is 2.08. The number of benzene rings is 1. The molecule has 0 aliphatic rings. The number of aryl methyl sites for hydroxylation is 1. The Labute approximate surface area is 95.9 Å². The van der Waals surface area contributed by atoms with Crippen molar-refractivity contribution in [2.45, 2.75) is 13.5 Å². The largest absolute Gasteiger partial charge is 0.443 e. The summed E-state index contributed by atoms with van der Waals surface area (Å²) in [5.41, 5.74) is 2.62. The van der Waals surface area contributed by atoms with Crippen LogP contribution in [0.2, 0.25) is 0 Å². The second-order valence-electron chi connectivity index (χ2n) is 3.27. The van der Waals surface area contributed by atoms with Crippen molar-refractivity contribution >= 4 is 15.9 Å². The fourth-order valence-electron chi connectivity index (χ4n) is 1.41. The van der Waals surface area contributed by atoms with E-state index in [9.17, 15) is 0 Å². The molecule has 0 spiro atoms. The van der Waals surface area contributed by atoms with Gasteiger partial charge in [0, 0.05) is 10.0 Å². The molecule has 1 heterocycles. The summed E-state index contributed by atoms with van der Waals surface area (Å²) in [6.45, 7) is 1.90. The van der Waals surface area contributed by atoms with E-state index < -0.39 is 0 Å². The van der Waals surface area contributed by atoms with Crippen molar-refractivity contribution in [2.24, 2.45) is 0 Å². The number of hydrogen-bond donors (Lipinski definition) is 1. The molecule has 1 aromatic carbocycles. The Kier molecular flexibility index (Phi) is 2.88. The number of aliphatic hydroxyl groups excluding tert-OH is 1. The molecule has 0 aliphatic heterocycles. The molecule has 1 aromatic heterocycles. The molecule has 0 atom stereocenters. The molecule has 4 heteroatoms. The maximum Gasteiger partial charge on any atom is 0.181 e. The predicted molar refractivity (Wildman–Crippen MR) is 60.3 cm³/mol. The predicted octanol–water partition coefficient (Wildman–Crippen LogP) is 2.90. The second kappa shape index (κ2) is 4.16. The number of nitrogens with zero attached hydrogens (tertiary/aromatic N) is 1. The Hall–Kier alpha value is -1.13. The monoisotopic (exact) mass is 267 g/mol. The number of oxazole rings is 1. The highest BCUT2D eigenvalue weighted by molar-refractivity contribution is 9.10. The van der Waals surface area contributed by atoms with E-state index in [0.717, 1.165) is 15.6 Å². The highest BCUT2D eigenvalue weighted by atomic mass is 79.9. The van der Waals surface area contributed by atoms with Gasteiger partial charge in [0.15, 0.2) is 12.2 Å². The molecule has 0 amide bonds. The van der Waals surface area contributed by atoms with Crippen LogP contribution in [-0.2, 0) is 6.61 Å². The van der Waals surface area contributed by atoms with Crippen LogP contribution in [0.1, 0.15) is 11.3 Å². The quantitative estimate of drug-likeness (QED) is 0.910. The van der Waals surface area contributed by atoms with E-state index in [-0.39, 0.29) is 6.61 Å². The minimum Gasteiger partial charge on any atom is -0.443 e. The maximum absolute atomic E-state index is 9.08. The van der Waals surface area contributed by atoms with Crippen LogP contribution in [0.15, 0.2) is 33.5 Å². The van der Waals surface area contributed by atoms with Crippen molar-refractivity contribution in [1.82, 2.24) is 4.98 Å². The van der Waals surface area contributed by atoms with Gasteiger partial charge in [0.25, 0.3) is 0 Å². The molecule has 0 saturated heterocycles. The summed E-state index contributed by atoms with van der Waals surface area (Å²) >= 11 is 3.46. The molecule has 0 fully saturated rings. The molecule has 78 valence electrons. The highest BCUT2D eigenvalue weighted by Crippen LogP contribution is 2.31. The second-order valence-corrected chi connectivity index (χ2v) is 4.12. The molecule has 1 N–H and O–H groups in total. The molecule has 0 unspecified atom stereocenters. The zero-order chi connectivity index (χ0) is 10.8. The van der Waals surface area contributed by atoms with Crippen molar-refractivity contribution in [3.8, 4) is 11.3 Å². The summed E-state index contributed by atoms with van der Waals surface area (Å²) < 4.78 is 6.20. The van der Waals surface area contributed by atoms with Crippen LogP contribution < -0.4 is 0 Å². The van der Waals surface area contributed by atoms with Crippen LogP contribution in [0, 0.1) is 6.92 Å². The molecule has 3 nitrogen and oxygen atoms in total. The van der Waals surface area contributed by atoms with E-state index >= 15 is 0 Å². The summed E-state index contributed by atoms with van der Waals surface area (Å²) in [5, 5.41) is 9.08. The first-order chi connectivity index (χ1) is 7.22. The molecule has 0 radical (unpaired) electrons. The third-order valence-electron chi connectivity index (χ3n) is 2.16. The SMILES string of the molecule is Cc1ccc(-c2ocnc2CO)c(Br)c1. The van der Waals surface area contributed by atoms with Gasteiger partial charge < -0.3 is 9.52 Å². The van der Waals surface area contributed by atoms with Gasteiger partial charge in [0.05, 0.1) is 6.61 Å². The minimum atomic E-state index is -0.119. The van der Waals surface area contributed by atoms with Crippen LogP contribution in [0.25, 0.3) is 11.3 Å². The number of aliphatic hydroxyl groups is 1. The van der Waals surface area contributed by atoms with Crippen molar-refractivity contribution < 1.29 is 9.52 Å². The van der Waals surface area contributed by atoms with Gasteiger partial charge in [0.2, 0.25) is 0 Å². The normalized spacial score (nSPS) is 10.6. The lowest BCUT2D eigenvalue weighted by Crippen LogP contribution is -1.88. The summed E-state index contributed by atoms with van der Waals surface area (Å²) in [6, 6.07) is 5.93. The van der Waals surface area contributed by atoms with Gasteiger partial charge in [-0.3, -0.25) is 0 Å². The average molecular weight is 268 g/mol. The smallest absolute Gasteiger partial charge is 0.181 e. The maximum atomic E-state index is 9.08. The van der Waals surface area contributed by atoms with Crippen LogP contribution in [0.3, 0.4) is 0 Å². The van der Waals surface area contributed by atoms with E-state index in [1.807, 2.05) is 25.1 Å². The van der Waals surface area contributed by atoms with Gasteiger partial charge >= 0.3 is 0 Å². The van der Waals surface area contributed by atoms with E-state index in [2.05, 4.69) is 20.9 Å². The van der Waals surface area contributed by atoms with Crippen molar-refractivity contribution in [3.05, 3.63) is 40.3 Å². The number of halogens is 1. The molecule has 2 aromatic rings. The van der Waals surface area contributed by atoms with E-state index in [1.54, 1.807) is 0 Å². The number of hydrogen-bond acceptors (Lipinski definition) is 3. The van der Waals surface area contributed by atoms with Gasteiger partial charge in [-0.05, 0) is 24.6 Å². The molecular formula is C11H10BrNO2. The molecule has 0 bridgehead atoms. The summed E-state index contributed by atoms with van der Waals surface area (Å²) in [6.07, 6.45) is 1.34. The molecular weight excluding hydrogens is 258 g/mol. The minimum absolute atomic E-state index is 0.119.